The summed E-state index contributed by atoms with van der Waals surface area (Å²) in [5.74, 6) is 4.56. The van der Waals surface area contributed by atoms with E-state index in [1.165, 1.54) is 19.4 Å². The van der Waals surface area contributed by atoms with E-state index in [1.807, 2.05) is 0 Å². The minimum atomic E-state index is 0.709. The number of fused-ring (bicyclic) bond motifs is 5. The highest BCUT2D eigenvalue weighted by atomic mass is 15.2. The third kappa shape index (κ3) is 1.54. The van der Waals surface area contributed by atoms with Crippen LogP contribution in [0.15, 0.2) is 12.2 Å². The molecule has 17 heavy (non-hydrogen) atoms. The second-order valence-electron chi connectivity index (χ2n) is 7.23. The van der Waals surface area contributed by atoms with E-state index >= 15 is 0 Å². The molecule has 5 atom stereocenters. The minimum absolute atomic E-state index is 0.709. The van der Waals surface area contributed by atoms with Crippen LogP contribution in [-0.2, 0) is 0 Å². The first kappa shape index (κ1) is 11.8. The van der Waals surface area contributed by atoms with Gasteiger partial charge in [-0.15, -0.1) is 0 Å². The molecule has 0 aromatic heterocycles. The second kappa shape index (κ2) is 3.85. The zero-order valence-electron chi connectivity index (χ0n) is 11.8. The quantitative estimate of drug-likeness (QED) is 0.659. The molecule has 0 radical (unpaired) electrons. The molecule has 96 valence electrons. The number of likely N-dealkylation sites (tertiary alicyclic amines) is 1. The lowest BCUT2D eigenvalue weighted by molar-refractivity contribution is 0.122. The van der Waals surface area contributed by atoms with Crippen LogP contribution >= 0.6 is 0 Å². The third-order valence-electron chi connectivity index (χ3n) is 5.71. The molecule has 0 aromatic carbocycles. The molecule has 0 spiro atoms. The number of nitrogens with zero attached hydrogens (tertiary/aromatic N) is 1. The van der Waals surface area contributed by atoms with Crippen molar-refractivity contribution in [2.75, 3.05) is 6.54 Å². The molecule has 1 aliphatic heterocycles. The van der Waals surface area contributed by atoms with E-state index in [0.717, 1.165) is 35.6 Å². The average Bonchev–Trinajstić information content (AvgIpc) is 2.83. The summed E-state index contributed by atoms with van der Waals surface area (Å²) in [5, 5.41) is 0. The van der Waals surface area contributed by atoms with Gasteiger partial charge in [-0.25, -0.2) is 0 Å². The van der Waals surface area contributed by atoms with E-state index < -0.39 is 0 Å². The highest BCUT2D eigenvalue weighted by Crippen LogP contribution is 2.60. The van der Waals surface area contributed by atoms with Gasteiger partial charge >= 0.3 is 0 Å². The smallest absolute Gasteiger partial charge is 0.0155 e. The van der Waals surface area contributed by atoms with Crippen LogP contribution in [0, 0.1) is 29.6 Å². The van der Waals surface area contributed by atoms with Crippen molar-refractivity contribution < 1.29 is 0 Å². The number of hydrogen-bond donors (Lipinski definition) is 0. The summed E-state index contributed by atoms with van der Waals surface area (Å²) in [5.41, 5.74) is 1.57. The van der Waals surface area contributed by atoms with E-state index in [0.29, 0.717) is 6.04 Å². The topological polar surface area (TPSA) is 3.24 Å². The summed E-state index contributed by atoms with van der Waals surface area (Å²) >= 11 is 0. The number of hydrogen-bond acceptors (Lipinski definition) is 1. The Balaban J connectivity index is 1.90. The van der Waals surface area contributed by atoms with Crippen LogP contribution in [0.4, 0.5) is 0 Å². The molecule has 5 unspecified atom stereocenters. The van der Waals surface area contributed by atoms with Gasteiger partial charge in [0.25, 0.3) is 0 Å². The Hall–Kier alpha value is -0.300. The van der Waals surface area contributed by atoms with E-state index in [2.05, 4.69) is 39.2 Å². The van der Waals surface area contributed by atoms with Crippen molar-refractivity contribution in [2.24, 2.45) is 29.6 Å². The standard InChI is InChI=1S/C16H27N/c1-9(2)16-15-12-6-11(5)13(7-12)14(15)8-17(16)10(3)4/h9-10,12-16H,5-8H2,1-4H3. The molecule has 0 aromatic rings. The molecule has 1 nitrogen and oxygen atoms in total. The Kier molecular flexibility index (Phi) is 2.66. The fourth-order valence-electron chi connectivity index (χ4n) is 5.20. The lowest BCUT2D eigenvalue weighted by Crippen LogP contribution is -2.42. The van der Waals surface area contributed by atoms with Crippen LogP contribution < -0.4 is 0 Å². The van der Waals surface area contributed by atoms with Crippen molar-refractivity contribution in [2.45, 2.75) is 52.6 Å². The molecule has 2 saturated carbocycles. The minimum Gasteiger partial charge on any atom is -0.297 e. The molecular weight excluding hydrogens is 206 g/mol. The predicted octanol–water partition coefficient (Wildman–Crippen LogP) is 3.56. The largest absolute Gasteiger partial charge is 0.297 e. The van der Waals surface area contributed by atoms with Gasteiger partial charge in [0, 0.05) is 18.6 Å². The number of rotatable bonds is 2. The fraction of sp³-hybridized carbons (Fsp3) is 0.875. The maximum Gasteiger partial charge on any atom is 0.0155 e. The monoisotopic (exact) mass is 233 g/mol. The first-order chi connectivity index (χ1) is 8.00. The zero-order valence-corrected chi connectivity index (χ0v) is 11.8. The molecule has 3 rings (SSSR count). The van der Waals surface area contributed by atoms with Gasteiger partial charge in [0.1, 0.15) is 0 Å². The van der Waals surface area contributed by atoms with Crippen LogP contribution in [0.2, 0.25) is 0 Å². The Morgan fingerprint density at radius 1 is 1.24 bits per heavy atom. The van der Waals surface area contributed by atoms with Crippen LogP contribution in [0.25, 0.3) is 0 Å². The summed E-state index contributed by atoms with van der Waals surface area (Å²) in [6, 6.07) is 1.55. The summed E-state index contributed by atoms with van der Waals surface area (Å²) in [7, 11) is 0. The van der Waals surface area contributed by atoms with E-state index in [9.17, 15) is 0 Å². The lowest BCUT2D eigenvalue weighted by Gasteiger charge is -2.36. The molecule has 2 bridgehead atoms. The van der Waals surface area contributed by atoms with Crippen molar-refractivity contribution in [1.82, 2.24) is 4.90 Å². The van der Waals surface area contributed by atoms with Crippen LogP contribution in [-0.4, -0.2) is 23.5 Å². The fourth-order valence-corrected chi connectivity index (χ4v) is 5.20. The predicted molar refractivity (Wildman–Crippen MR) is 72.8 cm³/mol. The summed E-state index contributed by atoms with van der Waals surface area (Å²) in [6.45, 7) is 15.2. The van der Waals surface area contributed by atoms with Gasteiger partial charge in [-0.3, -0.25) is 4.90 Å². The normalized spacial score (nSPS) is 45.3. The molecule has 1 saturated heterocycles. The van der Waals surface area contributed by atoms with Gasteiger partial charge in [0.2, 0.25) is 0 Å². The molecule has 1 heterocycles. The van der Waals surface area contributed by atoms with Crippen molar-refractivity contribution >= 4 is 0 Å². The second-order valence-corrected chi connectivity index (χ2v) is 7.23. The van der Waals surface area contributed by atoms with Crippen LogP contribution in [0.1, 0.15) is 40.5 Å². The first-order valence-corrected chi connectivity index (χ1v) is 7.44. The molecule has 1 heteroatoms. The van der Waals surface area contributed by atoms with Crippen molar-refractivity contribution in [3.05, 3.63) is 12.2 Å². The Morgan fingerprint density at radius 2 is 1.94 bits per heavy atom. The van der Waals surface area contributed by atoms with Crippen molar-refractivity contribution in [1.29, 1.82) is 0 Å². The molecule has 2 aliphatic carbocycles. The zero-order chi connectivity index (χ0) is 12.3. The molecule has 0 N–H and O–H groups in total. The maximum atomic E-state index is 4.32. The SMILES string of the molecule is C=C1CC2CC1C1CN(C(C)C)C(C(C)C)C21. The first-order valence-electron chi connectivity index (χ1n) is 7.44. The van der Waals surface area contributed by atoms with Gasteiger partial charge in [0.05, 0.1) is 0 Å². The van der Waals surface area contributed by atoms with Crippen molar-refractivity contribution in [3.63, 3.8) is 0 Å². The summed E-state index contributed by atoms with van der Waals surface area (Å²) in [4.78, 5) is 2.79. The van der Waals surface area contributed by atoms with Gasteiger partial charge in [0.15, 0.2) is 0 Å². The Labute approximate surface area is 106 Å². The van der Waals surface area contributed by atoms with Crippen molar-refractivity contribution in [3.8, 4) is 0 Å². The maximum absolute atomic E-state index is 4.32. The van der Waals surface area contributed by atoms with Gasteiger partial charge < -0.3 is 0 Å². The van der Waals surface area contributed by atoms with Gasteiger partial charge in [-0.1, -0.05) is 26.0 Å². The molecular formula is C16H27N. The van der Waals surface area contributed by atoms with E-state index in [1.54, 1.807) is 5.57 Å². The summed E-state index contributed by atoms with van der Waals surface area (Å²) in [6.07, 6.45) is 2.80. The van der Waals surface area contributed by atoms with E-state index in [-0.39, 0.29) is 0 Å². The molecule has 0 amide bonds. The van der Waals surface area contributed by atoms with Crippen LogP contribution in [0.5, 0.6) is 0 Å². The third-order valence-corrected chi connectivity index (χ3v) is 5.71. The highest BCUT2D eigenvalue weighted by molar-refractivity contribution is 5.21. The Morgan fingerprint density at radius 3 is 2.53 bits per heavy atom. The van der Waals surface area contributed by atoms with Crippen LogP contribution in [0.3, 0.4) is 0 Å². The lowest BCUT2D eigenvalue weighted by atomic mass is 9.74. The van der Waals surface area contributed by atoms with Gasteiger partial charge in [-0.2, -0.15) is 0 Å². The summed E-state index contributed by atoms with van der Waals surface area (Å²) < 4.78 is 0. The molecule has 3 fully saturated rings. The average molecular weight is 233 g/mol. The highest BCUT2D eigenvalue weighted by Gasteiger charge is 2.58. The van der Waals surface area contributed by atoms with Gasteiger partial charge in [-0.05, 0) is 56.3 Å². The Bertz CT molecular complexity index is 330. The molecule has 3 aliphatic rings. The van der Waals surface area contributed by atoms with E-state index in [4.69, 9.17) is 0 Å². The number of allylic oxidation sites excluding steroid dienone is 1.